The Morgan fingerprint density at radius 3 is 2.44 bits per heavy atom. The molecular formula is C21H23N5S. The van der Waals surface area contributed by atoms with E-state index in [9.17, 15) is 0 Å². The van der Waals surface area contributed by atoms with Gasteiger partial charge in [-0.1, -0.05) is 42.5 Å². The van der Waals surface area contributed by atoms with Gasteiger partial charge in [-0.25, -0.2) is 0 Å². The highest BCUT2D eigenvalue weighted by Gasteiger charge is 2.10. The molecule has 6 heteroatoms. The Hall–Kier alpha value is -2.70. The summed E-state index contributed by atoms with van der Waals surface area (Å²) in [7, 11) is 4.13. The van der Waals surface area contributed by atoms with E-state index in [0.717, 1.165) is 35.6 Å². The molecule has 2 aromatic heterocycles. The Morgan fingerprint density at radius 2 is 1.67 bits per heavy atom. The highest BCUT2D eigenvalue weighted by atomic mass is 32.1. The van der Waals surface area contributed by atoms with Crippen LogP contribution in [0.1, 0.15) is 11.1 Å². The first-order valence-corrected chi connectivity index (χ1v) is 9.41. The molecule has 0 amide bonds. The molecule has 2 aromatic carbocycles. The molecule has 0 radical (unpaired) electrons. The molecule has 27 heavy (non-hydrogen) atoms. The molecule has 5 nitrogen and oxygen atoms in total. The van der Waals surface area contributed by atoms with Crippen LogP contribution in [0, 0.1) is 4.77 Å². The number of hydrogen-bond donors (Lipinski definition) is 0. The number of benzene rings is 2. The van der Waals surface area contributed by atoms with Crippen LogP contribution in [0.5, 0.6) is 0 Å². The maximum absolute atomic E-state index is 5.64. The van der Waals surface area contributed by atoms with Gasteiger partial charge in [0, 0.05) is 25.4 Å². The van der Waals surface area contributed by atoms with E-state index in [-0.39, 0.29) is 0 Å². The summed E-state index contributed by atoms with van der Waals surface area (Å²) < 4.78 is 7.07. The van der Waals surface area contributed by atoms with Crippen LogP contribution in [-0.4, -0.2) is 30.9 Å². The highest BCUT2D eigenvalue weighted by molar-refractivity contribution is 7.71. The fraction of sp³-hybridized carbons (Fsp3) is 0.238. The monoisotopic (exact) mass is 377 g/mol. The van der Waals surface area contributed by atoms with E-state index in [1.165, 1.54) is 11.1 Å². The lowest BCUT2D eigenvalue weighted by molar-refractivity contribution is 0.262. The van der Waals surface area contributed by atoms with Crippen molar-refractivity contribution in [2.75, 3.05) is 7.05 Å². The third-order valence-corrected chi connectivity index (χ3v) is 5.26. The van der Waals surface area contributed by atoms with Gasteiger partial charge in [0.25, 0.3) is 0 Å². The molecule has 0 atom stereocenters. The van der Waals surface area contributed by atoms with Crippen molar-refractivity contribution in [2.24, 2.45) is 7.05 Å². The summed E-state index contributed by atoms with van der Waals surface area (Å²) in [6.07, 6.45) is 4.06. The molecule has 0 bridgehead atoms. The molecule has 0 N–H and O–H groups in total. The van der Waals surface area contributed by atoms with E-state index in [1.54, 1.807) is 0 Å². The van der Waals surface area contributed by atoms with Gasteiger partial charge in [0.15, 0.2) is 4.77 Å². The SMILES string of the molecule is CN(Cc1cnn(Cc2ccccc2)c1)Cn1c(=S)n(C)c2ccccc21. The molecule has 0 aliphatic carbocycles. The smallest absolute Gasteiger partial charge is 0.181 e. The second-order valence-electron chi connectivity index (χ2n) is 6.95. The summed E-state index contributed by atoms with van der Waals surface area (Å²) in [5.74, 6) is 0. The van der Waals surface area contributed by atoms with Gasteiger partial charge < -0.3 is 9.13 Å². The van der Waals surface area contributed by atoms with Crippen molar-refractivity contribution < 1.29 is 0 Å². The number of imidazole rings is 1. The normalized spacial score (nSPS) is 11.5. The standard InChI is InChI=1S/C21H23N5S/c1-23(16-26-20-11-7-6-10-19(20)24(2)21(26)27)13-18-12-22-25(15-18)14-17-8-4-3-5-9-17/h3-12,15H,13-14,16H2,1-2H3. The van der Waals surface area contributed by atoms with Gasteiger partial charge in [0.05, 0.1) is 30.4 Å². The van der Waals surface area contributed by atoms with Crippen LogP contribution in [-0.2, 0) is 26.8 Å². The Morgan fingerprint density at radius 1 is 0.963 bits per heavy atom. The van der Waals surface area contributed by atoms with Crippen LogP contribution >= 0.6 is 12.2 Å². The van der Waals surface area contributed by atoms with Crippen LogP contribution in [0.4, 0.5) is 0 Å². The van der Waals surface area contributed by atoms with Crippen molar-refractivity contribution in [3.05, 3.63) is 82.9 Å². The Bertz CT molecular complexity index is 1110. The first-order chi connectivity index (χ1) is 13.1. The zero-order valence-electron chi connectivity index (χ0n) is 15.6. The molecule has 4 rings (SSSR count). The Balaban J connectivity index is 1.47. The first-order valence-electron chi connectivity index (χ1n) is 9.00. The molecule has 138 valence electrons. The second kappa shape index (κ2) is 7.50. The van der Waals surface area contributed by atoms with Crippen LogP contribution in [0.25, 0.3) is 11.0 Å². The Labute approximate surface area is 164 Å². The van der Waals surface area contributed by atoms with Crippen molar-refractivity contribution >= 4 is 23.3 Å². The molecule has 0 fully saturated rings. The Kier molecular flexibility index (Phi) is 4.92. The lowest BCUT2D eigenvalue weighted by Crippen LogP contribution is -2.21. The van der Waals surface area contributed by atoms with Crippen molar-refractivity contribution in [3.8, 4) is 0 Å². The molecule has 0 aliphatic heterocycles. The van der Waals surface area contributed by atoms with E-state index in [1.807, 2.05) is 30.1 Å². The largest absolute Gasteiger partial charge is 0.320 e. The number of hydrogen-bond acceptors (Lipinski definition) is 3. The molecule has 0 aliphatic rings. The summed E-state index contributed by atoms with van der Waals surface area (Å²) in [6.45, 7) is 2.35. The predicted molar refractivity (Wildman–Crippen MR) is 111 cm³/mol. The number of fused-ring (bicyclic) bond motifs is 1. The molecule has 0 saturated heterocycles. The zero-order valence-corrected chi connectivity index (χ0v) is 16.4. The predicted octanol–water partition coefficient (Wildman–Crippen LogP) is 4.04. The quantitative estimate of drug-likeness (QED) is 0.475. The van der Waals surface area contributed by atoms with E-state index >= 15 is 0 Å². The van der Waals surface area contributed by atoms with Crippen LogP contribution in [0.2, 0.25) is 0 Å². The van der Waals surface area contributed by atoms with Crippen molar-refractivity contribution in [1.82, 2.24) is 23.8 Å². The van der Waals surface area contributed by atoms with Crippen molar-refractivity contribution in [3.63, 3.8) is 0 Å². The molecule has 0 saturated carbocycles. The molecular weight excluding hydrogens is 354 g/mol. The molecule has 4 aromatic rings. The molecule has 0 spiro atoms. The van der Waals surface area contributed by atoms with E-state index in [0.29, 0.717) is 0 Å². The van der Waals surface area contributed by atoms with Gasteiger partial charge in [0.1, 0.15) is 0 Å². The summed E-state index contributed by atoms with van der Waals surface area (Å²) in [6, 6.07) is 18.7. The van der Waals surface area contributed by atoms with Gasteiger partial charge in [-0.2, -0.15) is 5.10 Å². The number of aryl methyl sites for hydroxylation is 1. The maximum Gasteiger partial charge on any atom is 0.181 e. The van der Waals surface area contributed by atoms with Gasteiger partial charge in [-0.3, -0.25) is 9.58 Å². The van der Waals surface area contributed by atoms with Crippen LogP contribution in [0.15, 0.2) is 67.0 Å². The lowest BCUT2D eigenvalue weighted by atomic mass is 10.2. The average Bonchev–Trinajstić information content (AvgIpc) is 3.21. The summed E-state index contributed by atoms with van der Waals surface area (Å²) in [4.78, 5) is 2.26. The minimum atomic E-state index is 0.740. The summed E-state index contributed by atoms with van der Waals surface area (Å²) in [5.41, 5.74) is 4.77. The molecule has 2 heterocycles. The summed E-state index contributed by atoms with van der Waals surface area (Å²) in [5, 5.41) is 4.50. The highest BCUT2D eigenvalue weighted by Crippen LogP contribution is 2.17. The van der Waals surface area contributed by atoms with Gasteiger partial charge in [-0.05, 0) is 37.0 Å². The maximum atomic E-state index is 5.64. The van der Waals surface area contributed by atoms with Gasteiger partial charge >= 0.3 is 0 Å². The van der Waals surface area contributed by atoms with E-state index in [2.05, 4.69) is 74.8 Å². The zero-order chi connectivity index (χ0) is 18.8. The topological polar surface area (TPSA) is 30.9 Å². The fourth-order valence-corrected chi connectivity index (χ4v) is 3.70. The fourth-order valence-electron chi connectivity index (χ4n) is 3.45. The van der Waals surface area contributed by atoms with Gasteiger partial charge in [-0.15, -0.1) is 0 Å². The number of nitrogens with zero attached hydrogens (tertiary/aromatic N) is 5. The first kappa shape index (κ1) is 17.7. The number of aromatic nitrogens is 4. The minimum absolute atomic E-state index is 0.740. The average molecular weight is 378 g/mol. The number of rotatable bonds is 6. The third kappa shape index (κ3) is 3.72. The van der Waals surface area contributed by atoms with Crippen molar-refractivity contribution in [2.45, 2.75) is 19.8 Å². The van der Waals surface area contributed by atoms with E-state index in [4.69, 9.17) is 12.2 Å². The van der Waals surface area contributed by atoms with Gasteiger partial charge in [0.2, 0.25) is 0 Å². The second-order valence-corrected chi connectivity index (χ2v) is 7.31. The van der Waals surface area contributed by atoms with E-state index < -0.39 is 0 Å². The lowest BCUT2D eigenvalue weighted by Gasteiger charge is -2.17. The summed E-state index contributed by atoms with van der Waals surface area (Å²) >= 11 is 5.64. The van der Waals surface area contributed by atoms with Crippen molar-refractivity contribution in [1.29, 1.82) is 0 Å². The molecule has 0 unspecified atom stereocenters. The minimum Gasteiger partial charge on any atom is -0.320 e. The third-order valence-electron chi connectivity index (χ3n) is 4.76. The van der Waals surface area contributed by atoms with Crippen LogP contribution < -0.4 is 0 Å². The number of para-hydroxylation sites is 2. The van der Waals surface area contributed by atoms with Crippen LogP contribution in [0.3, 0.4) is 0 Å².